The zero-order valence-corrected chi connectivity index (χ0v) is 12.4. The maximum absolute atomic E-state index is 5.87. The number of ether oxygens (including phenoxy) is 1. The molecule has 0 aliphatic heterocycles. The normalized spacial score (nSPS) is 11.9. The molecule has 2 rings (SSSR count). The van der Waals surface area contributed by atoms with E-state index in [2.05, 4.69) is 39.8 Å². The lowest BCUT2D eigenvalue weighted by Gasteiger charge is -2.24. The summed E-state index contributed by atoms with van der Waals surface area (Å²) < 4.78 is 5.46. The maximum Gasteiger partial charge on any atom is 0.145 e. The second-order valence-electron chi connectivity index (χ2n) is 5.78. The highest BCUT2D eigenvalue weighted by atomic mass is 16.5. The predicted molar refractivity (Wildman–Crippen MR) is 79.8 cm³/mol. The number of nitrogens with two attached hydrogens (primary N) is 1. The molecule has 2 N–H and O–H groups in total. The quantitative estimate of drug-likeness (QED) is 0.920. The van der Waals surface area contributed by atoms with E-state index in [0.29, 0.717) is 6.54 Å². The monoisotopic (exact) mass is 258 g/mol. The Hall–Kier alpha value is -1.61. The molecule has 0 saturated carbocycles. The van der Waals surface area contributed by atoms with Gasteiger partial charge in [-0.05, 0) is 43.2 Å². The first kappa shape index (κ1) is 13.8. The summed E-state index contributed by atoms with van der Waals surface area (Å²) in [5.41, 5.74) is 10.1. The number of hydrogen-bond donors (Lipinski definition) is 1. The molecule has 2 aromatic rings. The second kappa shape index (κ2) is 4.82. The van der Waals surface area contributed by atoms with Crippen molar-refractivity contribution in [1.82, 2.24) is 4.98 Å². The van der Waals surface area contributed by atoms with E-state index < -0.39 is 0 Å². The SMILES string of the molecule is COc1cc(C)cc2cc(C)c(C(C)(C)CN)nc12. The molecule has 0 atom stereocenters. The number of aromatic nitrogens is 1. The van der Waals surface area contributed by atoms with Crippen LogP contribution in [-0.2, 0) is 5.41 Å². The summed E-state index contributed by atoms with van der Waals surface area (Å²) in [4.78, 5) is 4.82. The molecule has 102 valence electrons. The molecule has 1 heterocycles. The van der Waals surface area contributed by atoms with Crippen LogP contribution >= 0.6 is 0 Å². The molecule has 0 saturated heterocycles. The van der Waals surface area contributed by atoms with Crippen molar-refractivity contribution in [2.75, 3.05) is 13.7 Å². The standard InChI is InChI=1S/C16H22N2O/c1-10-6-12-8-11(2)15(16(3,4)9-17)18-14(12)13(7-10)19-5/h6-8H,9,17H2,1-5H3. The van der Waals surface area contributed by atoms with Crippen LogP contribution in [-0.4, -0.2) is 18.6 Å². The number of nitrogens with zero attached hydrogens (tertiary/aromatic N) is 1. The predicted octanol–water partition coefficient (Wildman–Crippen LogP) is 3.10. The summed E-state index contributed by atoms with van der Waals surface area (Å²) in [5, 5.41) is 1.12. The highest BCUT2D eigenvalue weighted by molar-refractivity contribution is 5.86. The molecule has 0 bridgehead atoms. The third-order valence-electron chi connectivity index (χ3n) is 3.59. The molecular weight excluding hydrogens is 236 g/mol. The Balaban J connectivity index is 2.77. The molecule has 0 fully saturated rings. The first-order valence-corrected chi connectivity index (χ1v) is 6.55. The van der Waals surface area contributed by atoms with Crippen molar-refractivity contribution in [2.24, 2.45) is 5.73 Å². The van der Waals surface area contributed by atoms with Gasteiger partial charge in [0, 0.05) is 17.3 Å². The van der Waals surface area contributed by atoms with Crippen LogP contribution < -0.4 is 10.5 Å². The fraction of sp³-hybridized carbons (Fsp3) is 0.438. The van der Waals surface area contributed by atoms with E-state index in [1.54, 1.807) is 7.11 Å². The van der Waals surface area contributed by atoms with E-state index in [4.69, 9.17) is 15.5 Å². The number of benzene rings is 1. The van der Waals surface area contributed by atoms with Gasteiger partial charge in [0.15, 0.2) is 0 Å². The van der Waals surface area contributed by atoms with Gasteiger partial charge in [-0.25, -0.2) is 4.98 Å². The summed E-state index contributed by atoms with van der Waals surface area (Å²) in [6.07, 6.45) is 0. The van der Waals surface area contributed by atoms with Crippen LogP contribution in [0.1, 0.15) is 30.7 Å². The van der Waals surface area contributed by atoms with Gasteiger partial charge in [0.05, 0.1) is 12.8 Å². The number of pyridine rings is 1. The summed E-state index contributed by atoms with van der Waals surface area (Å²) in [5.74, 6) is 0.823. The van der Waals surface area contributed by atoms with E-state index in [9.17, 15) is 0 Å². The lowest BCUT2D eigenvalue weighted by atomic mass is 9.86. The summed E-state index contributed by atoms with van der Waals surface area (Å²) in [6.45, 7) is 8.97. The number of aryl methyl sites for hydroxylation is 2. The summed E-state index contributed by atoms with van der Waals surface area (Å²) in [7, 11) is 1.68. The van der Waals surface area contributed by atoms with E-state index >= 15 is 0 Å². The third kappa shape index (κ3) is 2.43. The second-order valence-corrected chi connectivity index (χ2v) is 5.78. The molecule has 1 aromatic heterocycles. The first-order valence-electron chi connectivity index (χ1n) is 6.55. The Bertz CT molecular complexity index is 618. The first-order chi connectivity index (χ1) is 8.89. The van der Waals surface area contributed by atoms with Crippen LogP contribution in [0, 0.1) is 13.8 Å². The summed E-state index contributed by atoms with van der Waals surface area (Å²) >= 11 is 0. The average Bonchev–Trinajstić information content (AvgIpc) is 2.36. The molecule has 0 aliphatic carbocycles. The Kier molecular flexibility index (Phi) is 3.50. The number of methoxy groups -OCH3 is 1. The summed E-state index contributed by atoms with van der Waals surface area (Å²) in [6, 6.07) is 6.32. The number of fused-ring (bicyclic) bond motifs is 1. The van der Waals surface area contributed by atoms with Crippen LogP contribution in [0.25, 0.3) is 10.9 Å². The van der Waals surface area contributed by atoms with Crippen LogP contribution in [0.2, 0.25) is 0 Å². The molecule has 19 heavy (non-hydrogen) atoms. The van der Waals surface area contributed by atoms with Gasteiger partial charge < -0.3 is 10.5 Å². The van der Waals surface area contributed by atoms with Crippen molar-refractivity contribution in [2.45, 2.75) is 33.1 Å². The van der Waals surface area contributed by atoms with Gasteiger partial charge in [-0.3, -0.25) is 0 Å². The fourth-order valence-electron chi connectivity index (χ4n) is 2.44. The van der Waals surface area contributed by atoms with Gasteiger partial charge in [0.1, 0.15) is 11.3 Å². The van der Waals surface area contributed by atoms with E-state index in [1.165, 1.54) is 11.1 Å². The molecule has 0 aliphatic rings. The van der Waals surface area contributed by atoms with E-state index in [0.717, 1.165) is 22.3 Å². The van der Waals surface area contributed by atoms with Gasteiger partial charge >= 0.3 is 0 Å². The Morgan fingerprint density at radius 3 is 2.47 bits per heavy atom. The van der Waals surface area contributed by atoms with Crippen LogP contribution in [0.3, 0.4) is 0 Å². The van der Waals surface area contributed by atoms with Crippen molar-refractivity contribution in [3.05, 3.63) is 35.0 Å². The average molecular weight is 258 g/mol. The zero-order valence-electron chi connectivity index (χ0n) is 12.4. The molecule has 0 spiro atoms. The van der Waals surface area contributed by atoms with Crippen molar-refractivity contribution in [3.63, 3.8) is 0 Å². The highest BCUT2D eigenvalue weighted by Crippen LogP contribution is 2.31. The van der Waals surface area contributed by atoms with Gasteiger partial charge in [0.25, 0.3) is 0 Å². The molecule has 0 amide bonds. The van der Waals surface area contributed by atoms with Gasteiger partial charge in [-0.15, -0.1) is 0 Å². The van der Waals surface area contributed by atoms with Gasteiger partial charge in [-0.2, -0.15) is 0 Å². The highest BCUT2D eigenvalue weighted by Gasteiger charge is 2.23. The fourth-order valence-corrected chi connectivity index (χ4v) is 2.44. The minimum absolute atomic E-state index is 0.131. The minimum Gasteiger partial charge on any atom is -0.494 e. The lowest BCUT2D eigenvalue weighted by Crippen LogP contribution is -2.30. The van der Waals surface area contributed by atoms with Crippen LogP contribution in [0.15, 0.2) is 18.2 Å². The third-order valence-corrected chi connectivity index (χ3v) is 3.59. The molecular formula is C16H22N2O. The topological polar surface area (TPSA) is 48.1 Å². The minimum atomic E-state index is -0.131. The largest absolute Gasteiger partial charge is 0.494 e. The van der Waals surface area contributed by atoms with Crippen molar-refractivity contribution < 1.29 is 4.74 Å². The maximum atomic E-state index is 5.87. The van der Waals surface area contributed by atoms with Crippen LogP contribution in [0.4, 0.5) is 0 Å². The Morgan fingerprint density at radius 1 is 1.21 bits per heavy atom. The number of rotatable bonds is 3. The number of hydrogen-bond acceptors (Lipinski definition) is 3. The Labute approximate surface area is 114 Å². The lowest BCUT2D eigenvalue weighted by molar-refractivity contribution is 0.418. The van der Waals surface area contributed by atoms with Crippen molar-refractivity contribution >= 4 is 10.9 Å². The van der Waals surface area contributed by atoms with Crippen molar-refractivity contribution in [1.29, 1.82) is 0 Å². The molecule has 3 nitrogen and oxygen atoms in total. The van der Waals surface area contributed by atoms with Gasteiger partial charge in [0.2, 0.25) is 0 Å². The van der Waals surface area contributed by atoms with Crippen LogP contribution in [0.5, 0.6) is 5.75 Å². The molecule has 1 aromatic carbocycles. The van der Waals surface area contributed by atoms with Gasteiger partial charge in [-0.1, -0.05) is 13.8 Å². The molecule has 0 radical (unpaired) electrons. The van der Waals surface area contributed by atoms with E-state index in [1.807, 2.05) is 6.07 Å². The zero-order chi connectivity index (χ0) is 14.2. The van der Waals surface area contributed by atoms with Crippen molar-refractivity contribution in [3.8, 4) is 5.75 Å². The molecule has 3 heteroatoms. The van der Waals surface area contributed by atoms with E-state index in [-0.39, 0.29) is 5.41 Å². The smallest absolute Gasteiger partial charge is 0.145 e. The Morgan fingerprint density at radius 2 is 1.89 bits per heavy atom. The molecule has 0 unspecified atom stereocenters.